The van der Waals surface area contributed by atoms with Gasteiger partial charge in [-0.3, -0.25) is 9.59 Å². The molecule has 2 aromatic carbocycles. The molecule has 0 unspecified atom stereocenters. The maximum absolute atomic E-state index is 13.0. The number of anilines is 1. The number of amides is 2. The van der Waals surface area contributed by atoms with Crippen LogP contribution in [0.5, 0.6) is 0 Å². The van der Waals surface area contributed by atoms with Gasteiger partial charge in [-0.15, -0.1) is 0 Å². The second-order valence-corrected chi connectivity index (χ2v) is 5.46. The molecule has 0 radical (unpaired) electrons. The van der Waals surface area contributed by atoms with E-state index in [1.165, 1.54) is 24.4 Å². The van der Waals surface area contributed by atoms with E-state index in [0.29, 0.717) is 0 Å². The van der Waals surface area contributed by atoms with Crippen molar-refractivity contribution in [3.05, 3.63) is 63.5 Å². The average molecular weight is 411 g/mol. The van der Waals surface area contributed by atoms with Crippen LogP contribution in [0.2, 0.25) is 0 Å². The van der Waals surface area contributed by atoms with E-state index in [0.717, 1.165) is 15.2 Å². The van der Waals surface area contributed by atoms with Crippen molar-refractivity contribution < 1.29 is 14.0 Å². The maximum atomic E-state index is 13.0. The first-order chi connectivity index (χ1) is 10.5. The molecule has 0 saturated heterocycles. The normalized spacial score (nSPS) is 10.5. The molecule has 0 fully saturated rings. The maximum Gasteiger partial charge on any atom is 0.329 e. The average Bonchev–Trinajstić information content (AvgIpc) is 2.49. The smallest absolute Gasteiger partial charge is 0.318 e. The summed E-state index contributed by atoms with van der Waals surface area (Å²) in [5.41, 5.74) is 3.08. The van der Waals surface area contributed by atoms with Crippen molar-refractivity contribution >= 4 is 46.3 Å². The molecule has 0 aromatic heterocycles. The Morgan fingerprint density at radius 2 is 1.82 bits per heavy atom. The number of hydrogen-bond donors (Lipinski definition) is 2. The lowest BCUT2D eigenvalue weighted by atomic mass is 10.2. The first kappa shape index (κ1) is 16.1. The van der Waals surface area contributed by atoms with E-state index in [4.69, 9.17) is 0 Å². The summed E-state index contributed by atoms with van der Waals surface area (Å²) in [7, 11) is 0. The largest absolute Gasteiger partial charge is 0.329 e. The summed E-state index contributed by atoms with van der Waals surface area (Å²) >= 11 is 2.17. The predicted octanol–water partition coefficient (Wildman–Crippen LogP) is 2.52. The van der Waals surface area contributed by atoms with E-state index < -0.39 is 17.6 Å². The summed E-state index contributed by atoms with van der Waals surface area (Å²) in [6, 6.07) is 12.7. The SMILES string of the molecule is O=C(N/N=C\c1ccc(I)cc1)C(=O)Nc1cccc(F)c1. The first-order valence-corrected chi connectivity index (χ1v) is 7.28. The zero-order chi connectivity index (χ0) is 15.9. The van der Waals surface area contributed by atoms with E-state index >= 15 is 0 Å². The van der Waals surface area contributed by atoms with Crippen LogP contribution in [0.25, 0.3) is 0 Å². The van der Waals surface area contributed by atoms with Crippen molar-refractivity contribution in [2.75, 3.05) is 5.32 Å². The summed E-state index contributed by atoms with van der Waals surface area (Å²) in [5.74, 6) is -2.37. The van der Waals surface area contributed by atoms with E-state index in [9.17, 15) is 14.0 Å². The van der Waals surface area contributed by atoms with Crippen molar-refractivity contribution in [3.8, 4) is 0 Å². The zero-order valence-corrected chi connectivity index (χ0v) is 13.4. The van der Waals surface area contributed by atoms with Crippen LogP contribution in [-0.4, -0.2) is 18.0 Å². The number of halogens is 2. The van der Waals surface area contributed by atoms with Gasteiger partial charge >= 0.3 is 11.8 Å². The van der Waals surface area contributed by atoms with Gasteiger partial charge in [0.1, 0.15) is 5.82 Å². The number of nitrogens with one attached hydrogen (secondary N) is 2. The van der Waals surface area contributed by atoms with Gasteiger partial charge in [0.15, 0.2) is 0 Å². The molecule has 2 N–H and O–H groups in total. The Balaban J connectivity index is 1.89. The van der Waals surface area contributed by atoms with E-state index in [-0.39, 0.29) is 5.69 Å². The molecule has 0 saturated carbocycles. The number of benzene rings is 2. The monoisotopic (exact) mass is 411 g/mol. The minimum absolute atomic E-state index is 0.196. The topological polar surface area (TPSA) is 70.6 Å². The Morgan fingerprint density at radius 3 is 2.50 bits per heavy atom. The van der Waals surface area contributed by atoms with Crippen molar-refractivity contribution in [1.29, 1.82) is 0 Å². The molecular formula is C15H11FIN3O2. The highest BCUT2D eigenvalue weighted by Gasteiger charge is 2.12. The molecule has 2 aromatic rings. The summed E-state index contributed by atoms with van der Waals surface area (Å²) in [4.78, 5) is 23.1. The third kappa shape index (κ3) is 4.92. The van der Waals surface area contributed by atoms with Crippen LogP contribution in [0.1, 0.15) is 5.56 Å². The molecule has 5 nitrogen and oxygen atoms in total. The van der Waals surface area contributed by atoms with Gasteiger partial charge in [-0.25, -0.2) is 9.82 Å². The summed E-state index contributed by atoms with van der Waals surface area (Å²) in [6.07, 6.45) is 1.42. The van der Waals surface area contributed by atoms with Gasteiger partial charge in [0.05, 0.1) is 6.21 Å². The molecule has 0 aliphatic heterocycles. The van der Waals surface area contributed by atoms with Crippen LogP contribution >= 0.6 is 22.6 Å². The van der Waals surface area contributed by atoms with Gasteiger partial charge in [0.25, 0.3) is 0 Å². The van der Waals surface area contributed by atoms with Crippen LogP contribution in [-0.2, 0) is 9.59 Å². The van der Waals surface area contributed by atoms with Crippen molar-refractivity contribution in [1.82, 2.24) is 5.43 Å². The van der Waals surface area contributed by atoms with Crippen LogP contribution in [0.4, 0.5) is 10.1 Å². The van der Waals surface area contributed by atoms with Gasteiger partial charge in [-0.05, 0) is 58.5 Å². The van der Waals surface area contributed by atoms with Gasteiger partial charge < -0.3 is 5.32 Å². The van der Waals surface area contributed by atoms with E-state index in [1.807, 2.05) is 24.3 Å². The lowest BCUT2D eigenvalue weighted by Gasteiger charge is -2.03. The van der Waals surface area contributed by atoms with Crippen LogP contribution in [0.15, 0.2) is 53.6 Å². The second-order valence-electron chi connectivity index (χ2n) is 4.22. The Labute approximate surface area is 139 Å². The number of hydrogen-bond acceptors (Lipinski definition) is 3. The number of rotatable bonds is 3. The Hall–Kier alpha value is -2.29. The van der Waals surface area contributed by atoms with Gasteiger partial charge in [-0.2, -0.15) is 5.10 Å². The Bertz CT molecular complexity index is 717. The van der Waals surface area contributed by atoms with Gasteiger partial charge in [0.2, 0.25) is 0 Å². The number of hydrazone groups is 1. The zero-order valence-electron chi connectivity index (χ0n) is 11.2. The molecule has 0 aliphatic rings. The van der Waals surface area contributed by atoms with Gasteiger partial charge in [-0.1, -0.05) is 18.2 Å². The highest BCUT2D eigenvalue weighted by atomic mass is 127. The molecule has 7 heteroatoms. The number of carbonyl (C=O) groups excluding carboxylic acids is 2. The Morgan fingerprint density at radius 1 is 1.09 bits per heavy atom. The lowest BCUT2D eigenvalue weighted by Crippen LogP contribution is -2.32. The number of carbonyl (C=O) groups is 2. The summed E-state index contributed by atoms with van der Waals surface area (Å²) in [5, 5.41) is 5.96. The molecule has 0 bridgehead atoms. The first-order valence-electron chi connectivity index (χ1n) is 6.20. The molecule has 0 aliphatic carbocycles. The Kier molecular flexibility index (Phi) is 5.59. The van der Waals surface area contributed by atoms with Crippen molar-refractivity contribution in [3.63, 3.8) is 0 Å². The molecule has 22 heavy (non-hydrogen) atoms. The third-order valence-electron chi connectivity index (χ3n) is 2.54. The fourth-order valence-electron chi connectivity index (χ4n) is 1.52. The molecule has 0 heterocycles. The second kappa shape index (κ2) is 7.64. The van der Waals surface area contributed by atoms with E-state index in [1.54, 1.807) is 0 Å². The van der Waals surface area contributed by atoms with Gasteiger partial charge in [0, 0.05) is 9.26 Å². The van der Waals surface area contributed by atoms with Crippen molar-refractivity contribution in [2.24, 2.45) is 5.10 Å². The van der Waals surface area contributed by atoms with Crippen molar-refractivity contribution in [2.45, 2.75) is 0 Å². The molecule has 112 valence electrons. The molecule has 0 atom stereocenters. The number of nitrogens with zero attached hydrogens (tertiary/aromatic N) is 1. The molecule has 0 spiro atoms. The minimum atomic E-state index is -0.939. The lowest BCUT2D eigenvalue weighted by molar-refractivity contribution is -0.136. The van der Waals surface area contributed by atoms with Crippen LogP contribution < -0.4 is 10.7 Å². The third-order valence-corrected chi connectivity index (χ3v) is 3.26. The quantitative estimate of drug-likeness (QED) is 0.353. The van der Waals surface area contributed by atoms with E-state index in [2.05, 4.69) is 38.4 Å². The summed E-state index contributed by atoms with van der Waals surface area (Å²) in [6.45, 7) is 0. The standard InChI is InChI=1S/C15H11FIN3O2/c16-11-2-1-3-13(8-11)19-14(21)15(22)20-18-9-10-4-6-12(17)7-5-10/h1-9H,(H,19,21)(H,20,22)/b18-9-. The van der Waals surface area contributed by atoms with Crippen LogP contribution in [0, 0.1) is 9.39 Å². The highest BCUT2D eigenvalue weighted by molar-refractivity contribution is 14.1. The highest BCUT2D eigenvalue weighted by Crippen LogP contribution is 2.08. The summed E-state index contributed by atoms with van der Waals surface area (Å²) < 4.78 is 14.0. The van der Waals surface area contributed by atoms with Crippen LogP contribution in [0.3, 0.4) is 0 Å². The molecule has 2 amide bonds. The molecule has 2 rings (SSSR count). The fraction of sp³-hybridized carbons (Fsp3) is 0. The fourth-order valence-corrected chi connectivity index (χ4v) is 1.88. The predicted molar refractivity (Wildman–Crippen MR) is 89.9 cm³/mol. The molecular weight excluding hydrogens is 400 g/mol. The minimum Gasteiger partial charge on any atom is -0.318 e.